The average Bonchev–Trinajstić information content (AvgIpc) is 2.47. The van der Waals surface area contributed by atoms with Gasteiger partial charge in [0.1, 0.15) is 5.82 Å². The number of carbonyl (C=O) groups is 1. The molecule has 0 saturated heterocycles. The highest BCUT2D eigenvalue weighted by Gasteiger charge is 2.09. The number of carbonyl (C=O) groups excluding carboxylic acids is 1. The molecule has 0 bridgehead atoms. The van der Waals surface area contributed by atoms with Crippen LogP contribution in [0, 0.1) is 12.7 Å². The van der Waals surface area contributed by atoms with E-state index in [1.807, 2.05) is 30.3 Å². The van der Waals surface area contributed by atoms with E-state index >= 15 is 0 Å². The van der Waals surface area contributed by atoms with E-state index in [2.05, 4.69) is 5.32 Å². The fraction of sp³-hybridized carbons (Fsp3) is 0.235. The molecule has 3 nitrogen and oxygen atoms in total. The molecule has 110 valence electrons. The normalized spacial score (nSPS) is 12.0. The van der Waals surface area contributed by atoms with Crippen LogP contribution in [0.15, 0.2) is 48.5 Å². The molecular weight excluding hydrogens is 267 g/mol. The summed E-state index contributed by atoms with van der Waals surface area (Å²) in [5, 5.41) is 2.77. The minimum absolute atomic E-state index is 0.124. The summed E-state index contributed by atoms with van der Waals surface area (Å²) in [5.41, 5.74) is 8.15. The minimum Gasteiger partial charge on any atom is -0.352 e. The predicted octanol–water partition coefficient (Wildman–Crippen LogP) is 2.95. The van der Waals surface area contributed by atoms with Gasteiger partial charge in [0, 0.05) is 18.2 Å². The van der Waals surface area contributed by atoms with Crippen LogP contribution in [0.5, 0.6) is 0 Å². The zero-order valence-electron chi connectivity index (χ0n) is 12.0. The SMILES string of the molecule is Cc1cc(F)cc(C(=O)NCCC(N)c2ccccc2)c1. The van der Waals surface area contributed by atoms with Crippen LogP contribution in [-0.4, -0.2) is 12.5 Å². The first-order valence-corrected chi connectivity index (χ1v) is 6.92. The molecule has 1 amide bonds. The van der Waals surface area contributed by atoms with Crippen LogP contribution in [0.2, 0.25) is 0 Å². The van der Waals surface area contributed by atoms with E-state index in [1.165, 1.54) is 12.1 Å². The lowest BCUT2D eigenvalue weighted by Gasteiger charge is -2.12. The van der Waals surface area contributed by atoms with Crippen molar-refractivity contribution in [3.05, 3.63) is 71.0 Å². The van der Waals surface area contributed by atoms with Gasteiger partial charge in [0.25, 0.3) is 5.91 Å². The summed E-state index contributed by atoms with van der Waals surface area (Å²) >= 11 is 0. The molecule has 0 aliphatic rings. The number of halogens is 1. The van der Waals surface area contributed by atoms with Gasteiger partial charge in [-0.3, -0.25) is 4.79 Å². The van der Waals surface area contributed by atoms with Gasteiger partial charge in [-0.2, -0.15) is 0 Å². The number of benzene rings is 2. The summed E-state index contributed by atoms with van der Waals surface area (Å²) in [6.45, 7) is 2.20. The van der Waals surface area contributed by atoms with Crippen LogP contribution >= 0.6 is 0 Å². The Morgan fingerprint density at radius 1 is 1.24 bits per heavy atom. The van der Waals surface area contributed by atoms with Gasteiger partial charge in [0.05, 0.1) is 0 Å². The maximum absolute atomic E-state index is 13.3. The van der Waals surface area contributed by atoms with Gasteiger partial charge in [0.2, 0.25) is 0 Å². The van der Waals surface area contributed by atoms with Crippen molar-refractivity contribution in [3.63, 3.8) is 0 Å². The monoisotopic (exact) mass is 286 g/mol. The molecule has 0 radical (unpaired) electrons. The second-order valence-corrected chi connectivity index (χ2v) is 5.08. The predicted molar refractivity (Wildman–Crippen MR) is 81.5 cm³/mol. The largest absolute Gasteiger partial charge is 0.352 e. The second-order valence-electron chi connectivity index (χ2n) is 5.08. The molecule has 0 fully saturated rings. The van der Waals surface area contributed by atoms with E-state index < -0.39 is 5.82 Å². The Morgan fingerprint density at radius 2 is 1.95 bits per heavy atom. The van der Waals surface area contributed by atoms with Gasteiger partial charge in [-0.05, 0) is 42.7 Å². The Labute approximate surface area is 124 Å². The van der Waals surface area contributed by atoms with Crippen LogP contribution in [0.3, 0.4) is 0 Å². The first-order valence-electron chi connectivity index (χ1n) is 6.92. The zero-order valence-corrected chi connectivity index (χ0v) is 12.0. The molecule has 0 aliphatic heterocycles. The maximum atomic E-state index is 13.3. The molecular formula is C17H19FN2O. The number of amides is 1. The molecule has 4 heteroatoms. The van der Waals surface area contributed by atoms with Crippen molar-refractivity contribution in [2.45, 2.75) is 19.4 Å². The Bertz CT molecular complexity index is 593. The highest BCUT2D eigenvalue weighted by molar-refractivity contribution is 5.94. The third-order valence-corrected chi connectivity index (χ3v) is 3.27. The van der Waals surface area contributed by atoms with E-state index in [1.54, 1.807) is 13.0 Å². The van der Waals surface area contributed by atoms with E-state index in [4.69, 9.17) is 5.73 Å². The van der Waals surface area contributed by atoms with Crippen LogP contribution in [-0.2, 0) is 0 Å². The Kier molecular flexibility index (Phi) is 5.06. The van der Waals surface area contributed by atoms with Crippen LogP contribution in [0.4, 0.5) is 4.39 Å². The summed E-state index contributed by atoms with van der Waals surface area (Å²) in [6.07, 6.45) is 0.629. The molecule has 2 rings (SSSR count). The van der Waals surface area contributed by atoms with Gasteiger partial charge >= 0.3 is 0 Å². The number of nitrogens with one attached hydrogen (secondary N) is 1. The zero-order chi connectivity index (χ0) is 15.2. The van der Waals surface area contributed by atoms with Crippen molar-refractivity contribution in [3.8, 4) is 0 Å². The van der Waals surface area contributed by atoms with Crippen molar-refractivity contribution in [1.82, 2.24) is 5.32 Å². The summed E-state index contributed by atoms with van der Waals surface area (Å²) in [6, 6.07) is 13.9. The summed E-state index contributed by atoms with van der Waals surface area (Å²) < 4.78 is 13.3. The van der Waals surface area contributed by atoms with Gasteiger partial charge in [-0.1, -0.05) is 30.3 Å². The van der Waals surface area contributed by atoms with Crippen LogP contribution in [0.1, 0.15) is 33.9 Å². The van der Waals surface area contributed by atoms with E-state index in [0.717, 1.165) is 11.1 Å². The third-order valence-electron chi connectivity index (χ3n) is 3.27. The lowest BCUT2D eigenvalue weighted by molar-refractivity contribution is 0.0952. The second kappa shape index (κ2) is 6.99. The van der Waals surface area contributed by atoms with Crippen LogP contribution in [0.25, 0.3) is 0 Å². The van der Waals surface area contributed by atoms with Crippen molar-refractivity contribution < 1.29 is 9.18 Å². The molecule has 0 heterocycles. The molecule has 3 N–H and O–H groups in total. The summed E-state index contributed by atoms with van der Waals surface area (Å²) in [4.78, 5) is 11.9. The molecule has 0 saturated carbocycles. The average molecular weight is 286 g/mol. The topological polar surface area (TPSA) is 55.1 Å². The number of hydrogen-bond donors (Lipinski definition) is 2. The fourth-order valence-electron chi connectivity index (χ4n) is 2.18. The molecule has 21 heavy (non-hydrogen) atoms. The summed E-state index contributed by atoms with van der Waals surface area (Å²) in [7, 11) is 0. The fourth-order valence-corrected chi connectivity index (χ4v) is 2.18. The van der Waals surface area contributed by atoms with Crippen molar-refractivity contribution in [2.24, 2.45) is 5.73 Å². The highest BCUT2D eigenvalue weighted by Crippen LogP contribution is 2.13. The van der Waals surface area contributed by atoms with Crippen molar-refractivity contribution >= 4 is 5.91 Å². The lowest BCUT2D eigenvalue weighted by atomic mass is 10.0. The smallest absolute Gasteiger partial charge is 0.251 e. The third kappa shape index (κ3) is 4.39. The summed E-state index contributed by atoms with van der Waals surface area (Å²) in [5.74, 6) is -0.681. The molecule has 1 atom stereocenters. The molecule has 2 aromatic rings. The highest BCUT2D eigenvalue weighted by atomic mass is 19.1. The minimum atomic E-state index is -0.402. The lowest BCUT2D eigenvalue weighted by Crippen LogP contribution is -2.27. The van der Waals surface area contributed by atoms with E-state index in [9.17, 15) is 9.18 Å². The molecule has 0 aliphatic carbocycles. The maximum Gasteiger partial charge on any atom is 0.251 e. The Hall–Kier alpha value is -2.20. The number of hydrogen-bond acceptors (Lipinski definition) is 2. The van der Waals surface area contributed by atoms with Gasteiger partial charge in [-0.25, -0.2) is 4.39 Å². The standard InChI is InChI=1S/C17H19FN2O/c1-12-9-14(11-15(18)10-12)17(21)20-8-7-16(19)13-5-3-2-4-6-13/h2-6,9-11,16H,7-8,19H2,1H3,(H,20,21). The van der Waals surface area contributed by atoms with Crippen LogP contribution < -0.4 is 11.1 Å². The Morgan fingerprint density at radius 3 is 2.62 bits per heavy atom. The number of nitrogens with two attached hydrogens (primary N) is 1. The van der Waals surface area contributed by atoms with Crippen molar-refractivity contribution in [2.75, 3.05) is 6.54 Å². The van der Waals surface area contributed by atoms with Gasteiger partial charge < -0.3 is 11.1 Å². The Balaban J connectivity index is 1.87. The molecule has 1 unspecified atom stereocenters. The molecule has 0 spiro atoms. The van der Waals surface area contributed by atoms with E-state index in [0.29, 0.717) is 18.5 Å². The van der Waals surface area contributed by atoms with E-state index in [-0.39, 0.29) is 11.9 Å². The first-order chi connectivity index (χ1) is 10.1. The first kappa shape index (κ1) is 15.2. The van der Waals surface area contributed by atoms with Gasteiger partial charge in [-0.15, -0.1) is 0 Å². The number of rotatable bonds is 5. The van der Waals surface area contributed by atoms with Gasteiger partial charge in [0.15, 0.2) is 0 Å². The number of aryl methyl sites for hydroxylation is 1. The molecule has 2 aromatic carbocycles. The van der Waals surface area contributed by atoms with Crippen molar-refractivity contribution in [1.29, 1.82) is 0 Å². The quantitative estimate of drug-likeness (QED) is 0.888. The molecule has 0 aromatic heterocycles.